The maximum absolute atomic E-state index is 12.9. The summed E-state index contributed by atoms with van der Waals surface area (Å²) in [6, 6.07) is 8.74. The summed E-state index contributed by atoms with van der Waals surface area (Å²) in [6.45, 7) is 1.26. The minimum absolute atomic E-state index is 0.0525. The summed E-state index contributed by atoms with van der Waals surface area (Å²) >= 11 is 2.49. The molecule has 1 heterocycles. The molecule has 0 radical (unpaired) electrons. The Morgan fingerprint density at radius 2 is 1.90 bits per heavy atom. The number of nitro groups is 1. The highest BCUT2D eigenvalue weighted by Crippen LogP contribution is 2.36. The number of thiazole rings is 1. The van der Waals surface area contributed by atoms with Gasteiger partial charge in [0.1, 0.15) is 5.82 Å². The van der Waals surface area contributed by atoms with Crippen molar-refractivity contribution >= 4 is 40.5 Å². The molecular weight excluding hydrogens is 419 g/mol. The lowest BCUT2D eigenvalue weighted by Crippen LogP contribution is -2.14. The summed E-state index contributed by atoms with van der Waals surface area (Å²) in [5.74, 6) is -1.87. The zero-order valence-corrected chi connectivity index (χ0v) is 16.6. The predicted molar refractivity (Wildman–Crippen MR) is 105 cm³/mol. The fourth-order valence-electron chi connectivity index (χ4n) is 2.28. The minimum atomic E-state index is -0.870. The van der Waals surface area contributed by atoms with Crippen molar-refractivity contribution in [2.45, 2.75) is 16.2 Å². The first kappa shape index (κ1) is 20.6. The average molecular weight is 432 g/mol. The van der Waals surface area contributed by atoms with Crippen molar-refractivity contribution in [3.8, 4) is 0 Å². The van der Waals surface area contributed by atoms with E-state index < -0.39 is 29.1 Å². The normalized spacial score (nSPS) is 10.6. The molecule has 0 fully saturated rings. The van der Waals surface area contributed by atoms with E-state index in [1.54, 1.807) is 0 Å². The van der Waals surface area contributed by atoms with Gasteiger partial charge in [0.2, 0.25) is 0 Å². The van der Waals surface area contributed by atoms with Gasteiger partial charge in [0.05, 0.1) is 15.4 Å². The van der Waals surface area contributed by atoms with Crippen LogP contribution in [0.2, 0.25) is 0 Å². The van der Waals surface area contributed by atoms with Gasteiger partial charge in [-0.15, -0.1) is 11.3 Å². The van der Waals surface area contributed by atoms with E-state index in [9.17, 15) is 24.1 Å². The van der Waals surface area contributed by atoms with E-state index in [1.807, 2.05) is 12.3 Å². The number of nitro benzene ring substituents is 1. The van der Waals surface area contributed by atoms with Crippen LogP contribution in [-0.2, 0) is 4.74 Å². The lowest BCUT2D eigenvalue weighted by Gasteiger charge is -2.06. The Morgan fingerprint density at radius 3 is 2.52 bits per heavy atom. The largest absolute Gasteiger partial charge is 0.454 e. The van der Waals surface area contributed by atoms with Gasteiger partial charge < -0.3 is 4.74 Å². The third-order valence-corrected chi connectivity index (χ3v) is 5.81. The van der Waals surface area contributed by atoms with Crippen LogP contribution in [0.1, 0.15) is 26.4 Å². The standard InChI is InChI=1S/C19H13FN2O5S2/c1-11-10-28-19(21-11)29-17-7-4-13(8-15(17)22(25)26)18(24)27-9-16(23)12-2-5-14(20)6-3-12/h2-8,10H,9H2,1H3. The number of hydrogen-bond donors (Lipinski definition) is 0. The minimum Gasteiger partial charge on any atom is -0.454 e. The van der Waals surface area contributed by atoms with Crippen molar-refractivity contribution < 1.29 is 23.6 Å². The fraction of sp³-hybridized carbons (Fsp3) is 0.105. The highest BCUT2D eigenvalue weighted by molar-refractivity contribution is 8.01. The van der Waals surface area contributed by atoms with Gasteiger partial charge >= 0.3 is 5.97 Å². The van der Waals surface area contributed by atoms with Crippen LogP contribution in [0.15, 0.2) is 57.1 Å². The van der Waals surface area contributed by atoms with Crippen LogP contribution in [0, 0.1) is 22.9 Å². The van der Waals surface area contributed by atoms with Gasteiger partial charge in [-0.05, 0) is 43.3 Å². The van der Waals surface area contributed by atoms with Crippen molar-refractivity contribution in [3.05, 3.63) is 80.6 Å². The molecule has 0 saturated heterocycles. The molecule has 0 bridgehead atoms. The maximum Gasteiger partial charge on any atom is 0.338 e. The summed E-state index contributed by atoms with van der Waals surface area (Å²) in [7, 11) is 0. The summed E-state index contributed by atoms with van der Waals surface area (Å²) in [6.07, 6.45) is 0. The van der Waals surface area contributed by atoms with Gasteiger partial charge in [0.25, 0.3) is 5.69 Å². The lowest BCUT2D eigenvalue weighted by atomic mass is 10.1. The summed E-state index contributed by atoms with van der Waals surface area (Å²) < 4.78 is 18.5. The number of Topliss-reactive ketones (excluding diaryl/α,β-unsaturated/α-hetero) is 1. The topological polar surface area (TPSA) is 99.4 Å². The molecule has 0 unspecified atom stereocenters. The van der Waals surface area contributed by atoms with Crippen LogP contribution in [0.25, 0.3) is 0 Å². The second kappa shape index (κ2) is 8.93. The number of rotatable bonds is 7. The number of halogens is 1. The molecule has 0 aliphatic heterocycles. The molecule has 2 aromatic carbocycles. The highest BCUT2D eigenvalue weighted by Gasteiger charge is 2.21. The number of esters is 1. The monoisotopic (exact) mass is 432 g/mol. The van der Waals surface area contributed by atoms with Gasteiger partial charge in [-0.3, -0.25) is 14.9 Å². The molecule has 0 saturated carbocycles. The second-order valence-electron chi connectivity index (χ2n) is 5.80. The third-order valence-electron chi connectivity index (χ3n) is 3.69. The zero-order valence-electron chi connectivity index (χ0n) is 15.0. The van der Waals surface area contributed by atoms with E-state index in [0.29, 0.717) is 9.24 Å². The molecular formula is C19H13FN2O5S2. The number of aryl methyl sites for hydroxylation is 1. The molecule has 0 aliphatic carbocycles. The van der Waals surface area contributed by atoms with Crippen molar-refractivity contribution in [3.63, 3.8) is 0 Å². The molecule has 29 heavy (non-hydrogen) atoms. The van der Waals surface area contributed by atoms with E-state index in [0.717, 1.165) is 35.7 Å². The number of benzene rings is 2. The van der Waals surface area contributed by atoms with Gasteiger partial charge in [-0.2, -0.15) is 0 Å². The third kappa shape index (κ3) is 5.24. The average Bonchev–Trinajstić information content (AvgIpc) is 3.11. The van der Waals surface area contributed by atoms with Crippen LogP contribution < -0.4 is 0 Å². The van der Waals surface area contributed by atoms with Crippen LogP contribution in [0.3, 0.4) is 0 Å². The Morgan fingerprint density at radius 1 is 1.21 bits per heavy atom. The van der Waals surface area contributed by atoms with Crippen molar-refractivity contribution in [1.82, 2.24) is 4.98 Å². The molecule has 1 aromatic heterocycles. The number of ether oxygens (including phenoxy) is 1. The van der Waals surface area contributed by atoms with Crippen molar-refractivity contribution in [1.29, 1.82) is 0 Å². The Bertz CT molecular complexity index is 1080. The number of aromatic nitrogens is 1. The van der Waals surface area contributed by atoms with Gasteiger partial charge in [-0.1, -0.05) is 11.8 Å². The number of nitrogens with zero attached hydrogens (tertiary/aromatic N) is 2. The van der Waals surface area contributed by atoms with Crippen molar-refractivity contribution in [2.24, 2.45) is 0 Å². The van der Waals surface area contributed by atoms with E-state index in [1.165, 1.54) is 35.6 Å². The molecule has 0 atom stereocenters. The predicted octanol–water partition coefficient (Wildman–Crippen LogP) is 4.69. The van der Waals surface area contributed by atoms with Gasteiger partial charge in [0.15, 0.2) is 16.7 Å². The Balaban J connectivity index is 1.71. The number of carbonyl (C=O) groups is 2. The summed E-state index contributed by atoms with van der Waals surface area (Å²) in [5.41, 5.74) is 0.687. The first-order valence-electron chi connectivity index (χ1n) is 8.18. The van der Waals surface area contributed by atoms with Gasteiger partial charge in [0, 0.05) is 22.7 Å². The van der Waals surface area contributed by atoms with E-state index in [4.69, 9.17) is 4.74 Å². The first-order chi connectivity index (χ1) is 13.8. The number of hydrogen-bond acceptors (Lipinski definition) is 8. The SMILES string of the molecule is Cc1csc(Sc2ccc(C(=O)OCC(=O)c3ccc(F)cc3)cc2[N+](=O)[O-])n1. The molecule has 0 N–H and O–H groups in total. The zero-order chi connectivity index (χ0) is 21.0. The Kier molecular flexibility index (Phi) is 6.35. The molecule has 3 rings (SSSR count). The summed E-state index contributed by atoms with van der Waals surface area (Å²) in [4.78, 5) is 39.6. The lowest BCUT2D eigenvalue weighted by molar-refractivity contribution is -0.387. The Hall–Kier alpha value is -3.11. The molecule has 0 amide bonds. The van der Waals surface area contributed by atoms with E-state index in [2.05, 4.69) is 4.98 Å². The second-order valence-corrected chi connectivity index (χ2v) is 7.95. The van der Waals surface area contributed by atoms with Crippen LogP contribution in [-0.4, -0.2) is 28.3 Å². The van der Waals surface area contributed by atoms with E-state index >= 15 is 0 Å². The van der Waals surface area contributed by atoms with Crippen LogP contribution >= 0.6 is 23.1 Å². The molecule has 148 valence electrons. The quantitative estimate of drug-likeness (QED) is 0.231. The smallest absolute Gasteiger partial charge is 0.338 e. The van der Waals surface area contributed by atoms with Crippen molar-refractivity contribution in [2.75, 3.05) is 6.61 Å². The highest BCUT2D eigenvalue weighted by atomic mass is 32.2. The molecule has 3 aromatic rings. The molecule has 0 aliphatic rings. The van der Waals surface area contributed by atoms with E-state index in [-0.39, 0.29) is 16.8 Å². The number of ketones is 1. The first-order valence-corrected chi connectivity index (χ1v) is 9.87. The van der Waals surface area contributed by atoms with Crippen LogP contribution in [0.5, 0.6) is 0 Å². The molecule has 7 nitrogen and oxygen atoms in total. The Labute approximate surface area is 172 Å². The summed E-state index contributed by atoms with van der Waals surface area (Å²) in [5, 5.41) is 13.2. The van der Waals surface area contributed by atoms with Crippen LogP contribution in [0.4, 0.5) is 10.1 Å². The molecule has 0 spiro atoms. The fourth-order valence-corrected chi connectivity index (χ4v) is 4.16. The number of carbonyl (C=O) groups excluding carboxylic acids is 2. The molecule has 10 heteroatoms. The van der Waals surface area contributed by atoms with Gasteiger partial charge in [-0.25, -0.2) is 14.2 Å². The maximum atomic E-state index is 12.9.